The lowest BCUT2D eigenvalue weighted by Gasteiger charge is -2.19. The summed E-state index contributed by atoms with van der Waals surface area (Å²) >= 11 is 7.08. The van der Waals surface area contributed by atoms with Crippen molar-refractivity contribution in [3.05, 3.63) is 81.4 Å². The summed E-state index contributed by atoms with van der Waals surface area (Å²) in [5.41, 5.74) is 6.86. The van der Waals surface area contributed by atoms with Gasteiger partial charge in [-0.2, -0.15) is 4.98 Å². The molecule has 2 aromatic carbocycles. The van der Waals surface area contributed by atoms with Crippen LogP contribution in [-0.4, -0.2) is 57.1 Å². The van der Waals surface area contributed by atoms with Crippen molar-refractivity contribution in [3.63, 3.8) is 0 Å². The van der Waals surface area contributed by atoms with Crippen molar-refractivity contribution < 1.29 is 27.9 Å². The summed E-state index contributed by atoms with van der Waals surface area (Å²) in [4.78, 5) is 35.0. The van der Waals surface area contributed by atoms with Gasteiger partial charge in [-0.25, -0.2) is 4.98 Å². The molecule has 0 bridgehead atoms. The van der Waals surface area contributed by atoms with E-state index in [2.05, 4.69) is 15.0 Å². The number of rotatable bonds is 14. The maximum atomic E-state index is 13.5. The van der Waals surface area contributed by atoms with Gasteiger partial charge < -0.3 is 28.8 Å². The van der Waals surface area contributed by atoms with E-state index in [-0.39, 0.29) is 55.0 Å². The number of nitrogen functional groups attached to an aromatic ring is 1. The molecule has 40 heavy (non-hydrogen) atoms. The minimum absolute atomic E-state index is 0.0130. The van der Waals surface area contributed by atoms with Crippen molar-refractivity contribution in [1.82, 2.24) is 19.5 Å². The topological polar surface area (TPSA) is 161 Å². The molecule has 2 aromatic heterocycles. The van der Waals surface area contributed by atoms with E-state index in [1.807, 2.05) is 0 Å². The first-order chi connectivity index (χ1) is 19.3. The van der Waals surface area contributed by atoms with Gasteiger partial charge in [0.25, 0.3) is 5.56 Å². The number of hydrogen-bond donors (Lipinski definition) is 2. The molecule has 12 nitrogen and oxygen atoms in total. The second-order valence-corrected chi connectivity index (χ2v) is 11.8. The average molecular weight is 608 g/mol. The largest absolute Gasteiger partial charge is 0.497 e. The summed E-state index contributed by atoms with van der Waals surface area (Å²) in [5, 5.41) is 0.361. The maximum absolute atomic E-state index is 13.5. The highest BCUT2D eigenvalue weighted by Crippen LogP contribution is 2.49. The zero-order chi connectivity index (χ0) is 28.5. The zero-order valence-electron chi connectivity index (χ0n) is 21.4. The zero-order valence-corrected chi connectivity index (χ0v) is 23.9. The van der Waals surface area contributed by atoms with Crippen LogP contribution in [0.2, 0.25) is 5.02 Å². The molecular formula is C25H27ClN5O7PS. The predicted octanol–water partition coefficient (Wildman–Crippen LogP) is 4.34. The van der Waals surface area contributed by atoms with Crippen LogP contribution >= 0.6 is 31.0 Å². The number of nitrogens with two attached hydrogens (primary N) is 1. The minimum atomic E-state index is -3.73. The van der Waals surface area contributed by atoms with Crippen LogP contribution in [0.1, 0.15) is 15.9 Å². The van der Waals surface area contributed by atoms with Crippen LogP contribution in [0.5, 0.6) is 5.75 Å². The van der Waals surface area contributed by atoms with Gasteiger partial charge in [-0.15, -0.1) is 0 Å². The molecule has 212 valence electrons. The molecular weight excluding hydrogens is 581 g/mol. The van der Waals surface area contributed by atoms with Crippen LogP contribution in [-0.2, 0) is 31.5 Å². The van der Waals surface area contributed by atoms with Crippen LogP contribution in [0.3, 0.4) is 0 Å². The van der Waals surface area contributed by atoms with E-state index in [0.717, 1.165) is 11.8 Å². The predicted molar refractivity (Wildman–Crippen MR) is 153 cm³/mol. The van der Waals surface area contributed by atoms with Crippen LogP contribution in [0.4, 0.5) is 5.95 Å². The number of H-pyrrole nitrogens is 1. The first-order valence-corrected chi connectivity index (χ1v) is 15.1. The Morgan fingerprint density at radius 1 is 1.18 bits per heavy atom. The number of methoxy groups -OCH3 is 1. The van der Waals surface area contributed by atoms with Crippen LogP contribution in [0.25, 0.3) is 11.2 Å². The van der Waals surface area contributed by atoms with E-state index in [1.54, 1.807) is 60.2 Å². The van der Waals surface area contributed by atoms with Crippen molar-refractivity contribution in [2.75, 3.05) is 38.2 Å². The highest BCUT2D eigenvalue weighted by atomic mass is 35.5. The van der Waals surface area contributed by atoms with E-state index in [4.69, 9.17) is 35.9 Å². The fourth-order valence-corrected chi connectivity index (χ4v) is 5.79. The van der Waals surface area contributed by atoms with Crippen LogP contribution in [0, 0.1) is 0 Å². The Hall–Kier alpha value is -3.19. The molecule has 0 radical (unpaired) electrons. The van der Waals surface area contributed by atoms with Gasteiger partial charge in [-0.1, -0.05) is 35.5 Å². The smallest absolute Gasteiger partial charge is 0.356 e. The van der Waals surface area contributed by atoms with Crippen molar-refractivity contribution in [3.8, 4) is 5.75 Å². The second-order valence-electron chi connectivity index (χ2n) is 8.31. The van der Waals surface area contributed by atoms with Gasteiger partial charge in [0, 0.05) is 22.9 Å². The van der Waals surface area contributed by atoms with E-state index >= 15 is 0 Å². The van der Waals surface area contributed by atoms with Crippen molar-refractivity contribution in [2.24, 2.45) is 0 Å². The molecule has 4 rings (SSSR count). The number of nitrogens with zero attached hydrogens (tertiary/aromatic N) is 3. The van der Waals surface area contributed by atoms with Crippen LogP contribution < -0.4 is 16.0 Å². The third-order valence-corrected chi connectivity index (χ3v) is 8.17. The molecule has 3 N–H and O–H groups in total. The third-order valence-electron chi connectivity index (χ3n) is 5.47. The summed E-state index contributed by atoms with van der Waals surface area (Å²) in [6.45, 7) is 0.323. The van der Waals surface area contributed by atoms with Crippen molar-refractivity contribution >= 4 is 53.2 Å². The molecule has 0 saturated heterocycles. The number of thioether (sulfide) groups is 1. The SMILES string of the molecule is COc1ccc(C(=O)SCCOP(=O)(COCCn2cnc3c(=O)[nH]c(N)nc32)OCc2cccc(Cl)c2)cc1. The summed E-state index contributed by atoms with van der Waals surface area (Å²) in [7, 11) is -2.18. The van der Waals surface area contributed by atoms with E-state index in [1.165, 1.54) is 6.33 Å². The fourth-order valence-electron chi connectivity index (χ4n) is 3.51. The monoisotopic (exact) mass is 607 g/mol. The quantitative estimate of drug-likeness (QED) is 0.155. The first kappa shape index (κ1) is 29.8. The summed E-state index contributed by atoms with van der Waals surface area (Å²) < 4.78 is 37.2. The molecule has 0 aliphatic heterocycles. The summed E-state index contributed by atoms with van der Waals surface area (Å²) in [6.07, 6.45) is 1.10. The van der Waals surface area contributed by atoms with Gasteiger partial charge in [0.2, 0.25) is 11.1 Å². The normalized spacial score (nSPS) is 12.8. The Morgan fingerprint density at radius 2 is 1.98 bits per heavy atom. The number of halogens is 1. The van der Waals surface area contributed by atoms with Gasteiger partial charge in [0.15, 0.2) is 11.2 Å². The highest BCUT2D eigenvalue weighted by molar-refractivity contribution is 8.14. The molecule has 0 saturated carbocycles. The molecule has 0 amide bonds. The molecule has 0 spiro atoms. The van der Waals surface area contributed by atoms with Gasteiger partial charge in [0.1, 0.15) is 12.1 Å². The molecule has 2 heterocycles. The number of anilines is 1. The summed E-state index contributed by atoms with van der Waals surface area (Å²) in [6, 6.07) is 13.7. The number of carbonyl (C=O) groups excluding carboxylic acids is 1. The lowest BCUT2D eigenvalue weighted by Crippen LogP contribution is -2.13. The number of aromatic amines is 1. The van der Waals surface area contributed by atoms with Crippen molar-refractivity contribution in [1.29, 1.82) is 0 Å². The molecule has 0 fully saturated rings. The number of ether oxygens (including phenoxy) is 2. The lowest BCUT2D eigenvalue weighted by molar-refractivity contribution is 0.108. The number of fused-ring (bicyclic) bond motifs is 1. The molecule has 4 aromatic rings. The number of carbonyl (C=O) groups is 1. The highest BCUT2D eigenvalue weighted by Gasteiger charge is 2.26. The Labute approximate surface area is 238 Å². The number of aromatic nitrogens is 4. The Balaban J connectivity index is 1.33. The average Bonchev–Trinajstić information content (AvgIpc) is 3.35. The Bertz CT molecular complexity index is 1560. The fraction of sp³-hybridized carbons (Fsp3) is 0.280. The third kappa shape index (κ3) is 8.17. The van der Waals surface area contributed by atoms with Crippen molar-refractivity contribution in [2.45, 2.75) is 13.2 Å². The number of imidazole rings is 1. The molecule has 1 atom stereocenters. The van der Waals surface area contributed by atoms with Gasteiger partial charge >= 0.3 is 7.60 Å². The number of nitrogens with one attached hydrogen (secondary N) is 1. The molecule has 1 unspecified atom stereocenters. The molecule has 15 heteroatoms. The van der Waals surface area contributed by atoms with Gasteiger partial charge in [-0.3, -0.25) is 19.1 Å². The maximum Gasteiger partial charge on any atom is 0.356 e. The molecule has 0 aliphatic carbocycles. The van der Waals surface area contributed by atoms with E-state index in [0.29, 0.717) is 27.5 Å². The molecule has 0 aliphatic rings. The summed E-state index contributed by atoms with van der Waals surface area (Å²) in [5.74, 6) is 0.867. The number of hydrogen-bond acceptors (Lipinski definition) is 11. The first-order valence-electron chi connectivity index (χ1n) is 12.0. The van der Waals surface area contributed by atoms with Gasteiger partial charge in [0.05, 0.1) is 33.3 Å². The minimum Gasteiger partial charge on any atom is -0.497 e. The Morgan fingerprint density at radius 3 is 2.73 bits per heavy atom. The van der Waals surface area contributed by atoms with E-state index in [9.17, 15) is 14.2 Å². The van der Waals surface area contributed by atoms with E-state index < -0.39 is 13.2 Å². The van der Waals surface area contributed by atoms with Gasteiger partial charge in [-0.05, 0) is 42.0 Å². The standard InChI is InChI=1S/C25H27ClN5O7PS/c1-35-20-7-5-18(6-8-20)24(33)40-12-11-37-39(34,38-14-17-3-2-4-19(26)13-17)16-36-10-9-31-15-28-21-22(31)29-25(27)30-23(21)32/h2-8,13,15H,9-12,14,16H2,1H3,(H3,27,29,30,32). The Kier molecular flexibility index (Phi) is 10.4. The van der Waals surface area contributed by atoms with Crippen LogP contribution in [0.15, 0.2) is 59.7 Å². The second kappa shape index (κ2) is 13.9. The lowest BCUT2D eigenvalue weighted by atomic mass is 10.2. The number of benzene rings is 2.